The SMILES string of the molecule is CCOP(=O)(COc1c(-c2ccc(O)c(O)c2)oc2cc(O)cc(O)c2c1=O)OC. The molecule has 0 saturated carbocycles. The van der Waals surface area contributed by atoms with E-state index in [9.17, 15) is 29.8 Å². The first-order chi connectivity index (χ1) is 14.2. The van der Waals surface area contributed by atoms with Crippen molar-refractivity contribution in [1.82, 2.24) is 0 Å². The third-order valence-corrected chi connectivity index (χ3v) is 5.78. The van der Waals surface area contributed by atoms with Crippen LogP contribution in [-0.4, -0.2) is 40.5 Å². The minimum atomic E-state index is -3.69. The van der Waals surface area contributed by atoms with Crippen LogP contribution in [0.2, 0.25) is 0 Å². The molecule has 0 aliphatic carbocycles. The fourth-order valence-corrected chi connectivity index (χ4v) is 3.70. The summed E-state index contributed by atoms with van der Waals surface area (Å²) < 4.78 is 33.6. The van der Waals surface area contributed by atoms with Gasteiger partial charge in [-0.15, -0.1) is 0 Å². The quantitative estimate of drug-likeness (QED) is 0.318. The van der Waals surface area contributed by atoms with Gasteiger partial charge in [0.25, 0.3) is 0 Å². The molecule has 0 amide bonds. The molecule has 0 fully saturated rings. The van der Waals surface area contributed by atoms with Crippen LogP contribution in [-0.2, 0) is 13.6 Å². The third-order valence-electron chi connectivity index (χ3n) is 4.13. The Hall–Kier alpha value is -3.20. The summed E-state index contributed by atoms with van der Waals surface area (Å²) in [6.07, 6.45) is -0.635. The number of rotatable bonds is 7. The number of hydrogen-bond donors (Lipinski definition) is 4. The van der Waals surface area contributed by atoms with Gasteiger partial charge in [0.1, 0.15) is 22.5 Å². The summed E-state index contributed by atoms with van der Waals surface area (Å²) in [6.45, 7) is 1.67. The van der Waals surface area contributed by atoms with E-state index < -0.39 is 42.4 Å². The van der Waals surface area contributed by atoms with Gasteiger partial charge in [0.15, 0.2) is 23.6 Å². The second kappa shape index (κ2) is 8.27. The molecule has 1 aromatic heterocycles. The van der Waals surface area contributed by atoms with Gasteiger partial charge in [0.05, 0.1) is 6.61 Å². The van der Waals surface area contributed by atoms with E-state index in [4.69, 9.17) is 18.2 Å². The lowest BCUT2D eigenvalue weighted by molar-refractivity contribution is 0.216. The van der Waals surface area contributed by atoms with Crippen LogP contribution in [0.5, 0.6) is 28.7 Å². The van der Waals surface area contributed by atoms with E-state index in [0.717, 1.165) is 25.3 Å². The maximum atomic E-state index is 13.1. The molecule has 30 heavy (non-hydrogen) atoms. The van der Waals surface area contributed by atoms with E-state index in [-0.39, 0.29) is 34.6 Å². The van der Waals surface area contributed by atoms with Crippen LogP contribution in [0.25, 0.3) is 22.3 Å². The Morgan fingerprint density at radius 3 is 2.40 bits per heavy atom. The largest absolute Gasteiger partial charge is 0.508 e. The normalized spacial score (nSPS) is 13.3. The fraction of sp³-hybridized carbons (Fsp3) is 0.211. The third kappa shape index (κ3) is 4.06. The molecule has 2 aromatic carbocycles. The number of phenolic OH excluding ortho intramolecular Hbond substituents is 4. The molecule has 1 atom stereocenters. The highest BCUT2D eigenvalue weighted by atomic mass is 31.2. The van der Waals surface area contributed by atoms with Gasteiger partial charge in [0.2, 0.25) is 11.2 Å². The predicted octanol–water partition coefficient (Wildman–Crippen LogP) is 3.49. The molecule has 1 unspecified atom stereocenters. The zero-order valence-corrected chi connectivity index (χ0v) is 16.9. The van der Waals surface area contributed by atoms with Crippen molar-refractivity contribution >= 4 is 18.6 Å². The molecule has 3 rings (SSSR count). The highest BCUT2D eigenvalue weighted by Crippen LogP contribution is 2.48. The van der Waals surface area contributed by atoms with E-state index >= 15 is 0 Å². The standard InChI is InChI=1S/C19H19O10P/c1-3-28-30(25,26-2)9-27-19-17(24)16-14(23)7-11(20)8-15(16)29-18(19)10-4-5-12(21)13(22)6-10/h4-8,20-23H,3,9H2,1-2H3. The molecule has 11 heteroatoms. The first kappa shape index (κ1) is 21.5. The summed E-state index contributed by atoms with van der Waals surface area (Å²) in [7, 11) is -2.53. The zero-order valence-electron chi connectivity index (χ0n) is 16.0. The van der Waals surface area contributed by atoms with E-state index in [0.29, 0.717) is 0 Å². The monoisotopic (exact) mass is 438 g/mol. The number of aromatic hydroxyl groups is 4. The molecule has 160 valence electrons. The first-order valence-electron chi connectivity index (χ1n) is 8.66. The van der Waals surface area contributed by atoms with Crippen molar-refractivity contribution in [3.05, 3.63) is 40.6 Å². The predicted molar refractivity (Wildman–Crippen MR) is 106 cm³/mol. The fourth-order valence-electron chi connectivity index (χ4n) is 2.74. The Bertz CT molecular complexity index is 1200. The molecular weight excluding hydrogens is 419 g/mol. The lowest BCUT2D eigenvalue weighted by Crippen LogP contribution is -2.13. The molecule has 3 aromatic rings. The second-order valence-corrected chi connectivity index (χ2v) is 8.22. The lowest BCUT2D eigenvalue weighted by Gasteiger charge is -2.17. The molecule has 1 heterocycles. The molecule has 0 aliphatic heterocycles. The molecule has 0 radical (unpaired) electrons. The van der Waals surface area contributed by atoms with Crippen LogP contribution >= 0.6 is 7.60 Å². The minimum absolute atomic E-state index is 0.0690. The van der Waals surface area contributed by atoms with Crippen molar-refractivity contribution in [2.24, 2.45) is 0 Å². The summed E-state index contributed by atoms with van der Waals surface area (Å²) in [5.74, 6) is -2.44. The van der Waals surface area contributed by atoms with Crippen LogP contribution in [0.15, 0.2) is 39.5 Å². The van der Waals surface area contributed by atoms with Crippen molar-refractivity contribution in [1.29, 1.82) is 0 Å². The van der Waals surface area contributed by atoms with Crippen LogP contribution in [0.1, 0.15) is 6.92 Å². The Balaban J connectivity index is 2.24. The topological polar surface area (TPSA) is 156 Å². The smallest absolute Gasteiger partial charge is 0.367 e. The number of benzene rings is 2. The van der Waals surface area contributed by atoms with E-state index in [1.807, 2.05) is 0 Å². The van der Waals surface area contributed by atoms with Crippen molar-refractivity contribution < 1.29 is 43.2 Å². The number of hydrogen-bond acceptors (Lipinski definition) is 10. The van der Waals surface area contributed by atoms with Gasteiger partial charge >= 0.3 is 7.60 Å². The Kier molecular flexibility index (Phi) is 5.93. The average Bonchev–Trinajstić information content (AvgIpc) is 2.68. The van der Waals surface area contributed by atoms with Gasteiger partial charge < -0.3 is 38.6 Å². The summed E-state index contributed by atoms with van der Waals surface area (Å²) in [6, 6.07) is 5.69. The Morgan fingerprint density at radius 1 is 1.03 bits per heavy atom. The van der Waals surface area contributed by atoms with Crippen molar-refractivity contribution in [3.8, 4) is 40.1 Å². The first-order valence-corrected chi connectivity index (χ1v) is 10.4. The van der Waals surface area contributed by atoms with Gasteiger partial charge in [0, 0.05) is 24.8 Å². The van der Waals surface area contributed by atoms with Gasteiger partial charge in [-0.2, -0.15) is 0 Å². The summed E-state index contributed by atoms with van der Waals surface area (Å²) in [5.41, 5.74) is -0.853. The van der Waals surface area contributed by atoms with E-state index in [1.54, 1.807) is 6.92 Å². The Labute approximate surface area is 170 Å². The highest BCUT2D eigenvalue weighted by Gasteiger charge is 2.27. The van der Waals surface area contributed by atoms with Crippen molar-refractivity contribution in [2.75, 3.05) is 20.1 Å². The van der Waals surface area contributed by atoms with Crippen LogP contribution < -0.4 is 10.2 Å². The molecule has 0 aliphatic rings. The second-order valence-electron chi connectivity index (χ2n) is 6.12. The highest BCUT2D eigenvalue weighted by molar-refractivity contribution is 7.53. The minimum Gasteiger partial charge on any atom is -0.508 e. The van der Waals surface area contributed by atoms with Crippen molar-refractivity contribution in [2.45, 2.75) is 6.92 Å². The maximum Gasteiger partial charge on any atom is 0.367 e. The molecule has 0 saturated heterocycles. The summed E-state index contributed by atoms with van der Waals surface area (Å²) in [5, 5.41) is 38.9. The van der Waals surface area contributed by atoms with Gasteiger partial charge in [-0.25, -0.2) is 0 Å². The average molecular weight is 438 g/mol. The molecule has 10 nitrogen and oxygen atoms in total. The molecule has 0 spiro atoms. The summed E-state index contributed by atoms with van der Waals surface area (Å²) >= 11 is 0. The van der Waals surface area contributed by atoms with Gasteiger partial charge in [-0.1, -0.05) is 0 Å². The van der Waals surface area contributed by atoms with E-state index in [2.05, 4.69) is 0 Å². The maximum absolute atomic E-state index is 13.1. The van der Waals surface area contributed by atoms with Crippen molar-refractivity contribution in [3.63, 3.8) is 0 Å². The molecule has 4 N–H and O–H groups in total. The Morgan fingerprint density at radius 2 is 1.77 bits per heavy atom. The van der Waals surface area contributed by atoms with Gasteiger partial charge in [-0.05, 0) is 25.1 Å². The van der Waals surface area contributed by atoms with Crippen LogP contribution in [0, 0.1) is 0 Å². The van der Waals surface area contributed by atoms with E-state index in [1.165, 1.54) is 12.1 Å². The molecule has 0 bridgehead atoms. The number of ether oxygens (including phenoxy) is 1. The summed E-state index contributed by atoms with van der Waals surface area (Å²) in [4.78, 5) is 13.1. The van der Waals surface area contributed by atoms with Crippen LogP contribution in [0.3, 0.4) is 0 Å². The van der Waals surface area contributed by atoms with Crippen LogP contribution in [0.4, 0.5) is 0 Å². The molecular formula is C19H19O10P. The lowest BCUT2D eigenvalue weighted by atomic mass is 10.1. The number of fused-ring (bicyclic) bond motifs is 1. The van der Waals surface area contributed by atoms with Gasteiger partial charge in [-0.3, -0.25) is 9.36 Å². The zero-order chi connectivity index (χ0) is 22.1. The number of phenols is 4.